The van der Waals surface area contributed by atoms with Crippen LogP contribution in [-0.2, 0) is 11.0 Å². The molecular weight excluding hydrogens is 409 g/mol. The summed E-state index contributed by atoms with van der Waals surface area (Å²) in [7, 11) is 0. The van der Waals surface area contributed by atoms with Gasteiger partial charge in [-0.2, -0.15) is 13.2 Å². The molecule has 3 rings (SSSR count). The van der Waals surface area contributed by atoms with E-state index in [1.54, 1.807) is 29.3 Å². The number of halogens is 4. The minimum absolute atomic E-state index is 0.00952. The van der Waals surface area contributed by atoms with Gasteiger partial charge in [-0.05, 0) is 30.3 Å². The number of hydrogen-bond donors (Lipinski definition) is 1. The molecule has 1 aliphatic heterocycles. The van der Waals surface area contributed by atoms with Gasteiger partial charge < -0.3 is 10.2 Å². The third kappa shape index (κ3) is 5.45. The molecule has 1 aromatic heterocycles. The molecule has 1 saturated heterocycles. The third-order valence-corrected chi connectivity index (χ3v) is 4.80. The van der Waals surface area contributed by atoms with E-state index in [2.05, 4.69) is 10.3 Å². The number of carbonyl (C=O) groups is 2. The quantitative estimate of drug-likeness (QED) is 0.815. The lowest BCUT2D eigenvalue weighted by Gasteiger charge is -2.34. The fourth-order valence-electron chi connectivity index (χ4n) is 2.98. The Balaban J connectivity index is 1.52. The fourth-order valence-corrected chi connectivity index (χ4v) is 3.21. The number of rotatable bonds is 4. The minimum atomic E-state index is -4.60. The number of anilines is 1. The van der Waals surface area contributed by atoms with Gasteiger partial charge in [0.25, 0.3) is 5.91 Å². The smallest absolute Gasteiger partial charge is 0.335 e. The number of nitrogens with zero attached hydrogens (tertiary/aromatic N) is 3. The summed E-state index contributed by atoms with van der Waals surface area (Å²) in [5, 5.41) is 2.03. The normalized spacial score (nSPS) is 15.2. The highest BCUT2D eigenvalue weighted by Gasteiger charge is 2.33. The van der Waals surface area contributed by atoms with Crippen molar-refractivity contribution in [2.45, 2.75) is 6.18 Å². The van der Waals surface area contributed by atoms with Crippen molar-refractivity contribution in [2.75, 3.05) is 38.0 Å². The molecular formula is C19H18ClF3N4O2. The molecule has 0 radical (unpaired) electrons. The first-order chi connectivity index (χ1) is 13.7. The molecule has 1 fully saturated rings. The van der Waals surface area contributed by atoms with E-state index in [1.165, 1.54) is 6.07 Å². The molecule has 0 unspecified atom stereocenters. The summed E-state index contributed by atoms with van der Waals surface area (Å²) in [6.45, 7) is 1.82. The van der Waals surface area contributed by atoms with Gasteiger partial charge in [0.05, 0.1) is 17.1 Å². The lowest BCUT2D eigenvalue weighted by molar-refractivity contribution is -0.137. The van der Waals surface area contributed by atoms with Crippen molar-refractivity contribution in [1.82, 2.24) is 14.8 Å². The topological polar surface area (TPSA) is 65.5 Å². The summed E-state index contributed by atoms with van der Waals surface area (Å²) >= 11 is 5.58. The van der Waals surface area contributed by atoms with E-state index in [0.717, 1.165) is 12.1 Å². The molecule has 1 N–H and O–H groups in total. The van der Waals surface area contributed by atoms with E-state index < -0.39 is 22.7 Å². The van der Waals surface area contributed by atoms with Gasteiger partial charge in [-0.3, -0.25) is 19.5 Å². The second kappa shape index (κ2) is 8.79. The maximum absolute atomic E-state index is 12.9. The predicted octanol–water partition coefficient (Wildman–Crippen LogP) is 3.15. The van der Waals surface area contributed by atoms with Crippen molar-refractivity contribution in [1.29, 1.82) is 0 Å². The first-order valence-electron chi connectivity index (χ1n) is 8.83. The highest BCUT2D eigenvalue weighted by molar-refractivity contribution is 6.31. The SMILES string of the molecule is O=C(CN1CCN(C(=O)c2ccccn2)CC1)Nc1ccc(Cl)c(C(F)(F)F)c1. The number of carbonyl (C=O) groups excluding carboxylic acids is 2. The van der Waals surface area contributed by atoms with Gasteiger partial charge >= 0.3 is 6.18 Å². The van der Waals surface area contributed by atoms with Crippen LogP contribution in [0.5, 0.6) is 0 Å². The summed E-state index contributed by atoms with van der Waals surface area (Å²) in [6, 6.07) is 8.33. The van der Waals surface area contributed by atoms with Gasteiger partial charge in [0.1, 0.15) is 5.69 Å². The molecule has 2 heterocycles. The van der Waals surface area contributed by atoms with Crippen LogP contribution in [0.3, 0.4) is 0 Å². The molecule has 0 aliphatic carbocycles. The largest absolute Gasteiger partial charge is 0.417 e. The van der Waals surface area contributed by atoms with Crippen molar-refractivity contribution in [3.63, 3.8) is 0 Å². The molecule has 0 atom stereocenters. The van der Waals surface area contributed by atoms with Crippen LogP contribution in [0.2, 0.25) is 5.02 Å². The third-order valence-electron chi connectivity index (χ3n) is 4.47. The second-order valence-corrected chi connectivity index (χ2v) is 6.93. The molecule has 0 bridgehead atoms. The maximum Gasteiger partial charge on any atom is 0.417 e. The lowest BCUT2D eigenvalue weighted by Crippen LogP contribution is -2.50. The zero-order chi connectivity index (χ0) is 21.0. The highest BCUT2D eigenvalue weighted by Crippen LogP contribution is 2.36. The zero-order valence-corrected chi connectivity index (χ0v) is 16.0. The number of aromatic nitrogens is 1. The van der Waals surface area contributed by atoms with Gasteiger partial charge in [0, 0.05) is 38.1 Å². The van der Waals surface area contributed by atoms with E-state index in [0.29, 0.717) is 31.9 Å². The van der Waals surface area contributed by atoms with Gasteiger partial charge in [0.2, 0.25) is 5.91 Å². The van der Waals surface area contributed by atoms with E-state index in [4.69, 9.17) is 11.6 Å². The summed E-state index contributed by atoms with van der Waals surface area (Å²) < 4.78 is 38.8. The van der Waals surface area contributed by atoms with Crippen LogP contribution in [0, 0.1) is 0 Å². The van der Waals surface area contributed by atoms with Crippen molar-refractivity contribution < 1.29 is 22.8 Å². The molecule has 10 heteroatoms. The van der Waals surface area contributed by atoms with Crippen molar-refractivity contribution >= 4 is 29.1 Å². The summed E-state index contributed by atoms with van der Waals surface area (Å²) in [5.41, 5.74) is -0.615. The molecule has 1 aliphatic rings. The Morgan fingerprint density at radius 1 is 1.10 bits per heavy atom. The summed E-state index contributed by atoms with van der Waals surface area (Å²) in [4.78, 5) is 32.1. The first-order valence-corrected chi connectivity index (χ1v) is 9.21. The summed E-state index contributed by atoms with van der Waals surface area (Å²) in [6.07, 6.45) is -3.05. The van der Waals surface area contributed by atoms with Crippen LogP contribution in [0.1, 0.15) is 16.1 Å². The number of hydrogen-bond acceptors (Lipinski definition) is 4. The Kier molecular flexibility index (Phi) is 6.39. The molecule has 2 aromatic rings. The fraction of sp³-hybridized carbons (Fsp3) is 0.316. The van der Waals surface area contributed by atoms with Crippen molar-refractivity contribution in [2.24, 2.45) is 0 Å². The molecule has 6 nitrogen and oxygen atoms in total. The standard InChI is InChI=1S/C19H18ClF3N4O2/c20-15-5-4-13(11-14(15)19(21,22)23)25-17(28)12-26-7-9-27(10-8-26)18(29)16-3-1-2-6-24-16/h1-6,11H,7-10,12H2,(H,25,28). The maximum atomic E-state index is 12.9. The molecule has 2 amide bonds. The Morgan fingerprint density at radius 2 is 1.83 bits per heavy atom. The van der Waals surface area contributed by atoms with Crippen LogP contribution in [0.4, 0.5) is 18.9 Å². The van der Waals surface area contributed by atoms with Gasteiger partial charge in [-0.1, -0.05) is 17.7 Å². The van der Waals surface area contributed by atoms with Gasteiger partial charge in [-0.15, -0.1) is 0 Å². The average Bonchev–Trinajstić information content (AvgIpc) is 2.69. The highest BCUT2D eigenvalue weighted by atomic mass is 35.5. The van der Waals surface area contributed by atoms with E-state index in [9.17, 15) is 22.8 Å². The molecule has 154 valence electrons. The molecule has 1 aromatic carbocycles. The number of alkyl halides is 3. The van der Waals surface area contributed by atoms with Crippen LogP contribution in [0.15, 0.2) is 42.6 Å². The lowest BCUT2D eigenvalue weighted by atomic mass is 10.2. The van der Waals surface area contributed by atoms with Crippen molar-refractivity contribution in [3.05, 3.63) is 58.9 Å². The van der Waals surface area contributed by atoms with Gasteiger partial charge in [0.15, 0.2) is 0 Å². The Morgan fingerprint density at radius 3 is 2.45 bits per heavy atom. The van der Waals surface area contributed by atoms with Crippen LogP contribution in [-0.4, -0.2) is 59.3 Å². The Labute approximate surface area is 170 Å². The van der Waals surface area contributed by atoms with Crippen LogP contribution >= 0.6 is 11.6 Å². The second-order valence-electron chi connectivity index (χ2n) is 6.52. The average molecular weight is 427 g/mol. The predicted molar refractivity (Wildman–Crippen MR) is 102 cm³/mol. The number of nitrogens with one attached hydrogen (secondary N) is 1. The zero-order valence-electron chi connectivity index (χ0n) is 15.2. The molecule has 0 spiro atoms. The van der Waals surface area contributed by atoms with Crippen LogP contribution in [0.25, 0.3) is 0 Å². The Hall–Kier alpha value is -2.65. The molecule has 0 saturated carbocycles. The number of benzene rings is 1. The van der Waals surface area contributed by atoms with Crippen molar-refractivity contribution in [3.8, 4) is 0 Å². The van der Waals surface area contributed by atoms with Gasteiger partial charge in [-0.25, -0.2) is 0 Å². The van der Waals surface area contributed by atoms with E-state index >= 15 is 0 Å². The number of pyridine rings is 1. The number of piperazine rings is 1. The number of amides is 2. The summed E-state index contributed by atoms with van der Waals surface area (Å²) in [5.74, 6) is -0.611. The van der Waals surface area contributed by atoms with E-state index in [1.807, 2.05) is 4.90 Å². The Bertz CT molecular complexity index is 885. The van der Waals surface area contributed by atoms with E-state index in [-0.39, 0.29) is 18.1 Å². The monoisotopic (exact) mass is 426 g/mol. The minimum Gasteiger partial charge on any atom is -0.335 e. The first kappa shape index (κ1) is 21.1. The molecule has 29 heavy (non-hydrogen) atoms. The van der Waals surface area contributed by atoms with Crippen LogP contribution < -0.4 is 5.32 Å².